The molecule has 0 bridgehead atoms. The van der Waals surface area contributed by atoms with Gasteiger partial charge in [-0.2, -0.15) is 5.10 Å². The van der Waals surface area contributed by atoms with Crippen molar-refractivity contribution in [3.05, 3.63) is 65.2 Å². The Labute approximate surface area is 168 Å². The molecule has 0 aliphatic carbocycles. The molecule has 0 fully saturated rings. The first-order valence-corrected chi connectivity index (χ1v) is 8.95. The molecule has 0 spiro atoms. The first-order valence-electron chi connectivity index (χ1n) is 8.57. The molecule has 144 valence electrons. The topological polar surface area (TPSA) is 72.0 Å². The van der Waals surface area contributed by atoms with Crippen molar-refractivity contribution in [3.63, 3.8) is 0 Å². The lowest BCUT2D eigenvalue weighted by molar-refractivity contribution is -0.119. The highest BCUT2D eigenvalue weighted by Gasteiger charge is 2.09. The summed E-state index contributed by atoms with van der Waals surface area (Å²) in [5.74, 6) is 0.769. The number of methoxy groups -OCH3 is 2. The minimum atomic E-state index is -0.277. The number of nitrogens with one attached hydrogen (secondary N) is 2. The number of carbonyl (C=O) groups is 1. The largest absolute Gasteiger partial charge is 0.493 e. The van der Waals surface area contributed by atoms with E-state index < -0.39 is 0 Å². The van der Waals surface area contributed by atoms with Crippen LogP contribution in [0.1, 0.15) is 5.56 Å². The second-order valence-electron chi connectivity index (χ2n) is 5.90. The SMILES string of the molecule is COc1cc(Cl)c(/C=N\NC(=O)CNc2cccc3ccccc23)cc1OC. The summed E-state index contributed by atoms with van der Waals surface area (Å²) in [5, 5.41) is 9.69. The maximum absolute atomic E-state index is 12.1. The van der Waals surface area contributed by atoms with E-state index in [0.29, 0.717) is 22.1 Å². The van der Waals surface area contributed by atoms with E-state index >= 15 is 0 Å². The molecule has 6 nitrogen and oxygen atoms in total. The number of ether oxygens (including phenoxy) is 2. The molecule has 0 saturated heterocycles. The van der Waals surface area contributed by atoms with Crippen LogP contribution < -0.4 is 20.2 Å². The second kappa shape index (κ2) is 9.10. The summed E-state index contributed by atoms with van der Waals surface area (Å²) in [4.78, 5) is 12.1. The molecule has 0 saturated carbocycles. The van der Waals surface area contributed by atoms with Crippen molar-refractivity contribution in [2.24, 2.45) is 5.10 Å². The molecule has 1 amide bonds. The molecule has 28 heavy (non-hydrogen) atoms. The smallest absolute Gasteiger partial charge is 0.259 e. The molecule has 0 aliphatic rings. The molecule has 0 unspecified atom stereocenters. The number of hydrazone groups is 1. The first kappa shape index (κ1) is 19.5. The molecular weight excluding hydrogens is 378 g/mol. The minimum Gasteiger partial charge on any atom is -0.493 e. The molecule has 0 heterocycles. The summed E-state index contributed by atoms with van der Waals surface area (Å²) < 4.78 is 10.4. The fourth-order valence-corrected chi connectivity index (χ4v) is 2.94. The van der Waals surface area contributed by atoms with Crippen molar-refractivity contribution in [3.8, 4) is 11.5 Å². The number of hydrogen-bond acceptors (Lipinski definition) is 5. The number of rotatable bonds is 7. The molecular formula is C21H20ClN3O3. The third kappa shape index (κ3) is 4.53. The Kier molecular flexibility index (Phi) is 6.34. The Morgan fingerprint density at radius 2 is 1.79 bits per heavy atom. The van der Waals surface area contributed by atoms with Crippen LogP contribution in [0.5, 0.6) is 11.5 Å². The van der Waals surface area contributed by atoms with E-state index in [9.17, 15) is 4.79 Å². The Hall–Kier alpha value is -3.25. The van der Waals surface area contributed by atoms with Crippen LogP contribution in [0, 0.1) is 0 Å². The van der Waals surface area contributed by atoms with Crippen molar-refractivity contribution in [1.29, 1.82) is 0 Å². The van der Waals surface area contributed by atoms with Crippen molar-refractivity contribution in [2.75, 3.05) is 26.1 Å². The number of amides is 1. The van der Waals surface area contributed by atoms with Gasteiger partial charge in [0.25, 0.3) is 5.91 Å². The third-order valence-electron chi connectivity index (χ3n) is 4.12. The second-order valence-corrected chi connectivity index (χ2v) is 6.31. The number of carbonyl (C=O) groups excluding carboxylic acids is 1. The number of nitrogens with zero attached hydrogens (tertiary/aromatic N) is 1. The summed E-state index contributed by atoms with van der Waals surface area (Å²) in [7, 11) is 3.07. The normalized spacial score (nSPS) is 10.8. The van der Waals surface area contributed by atoms with Gasteiger partial charge in [0.05, 0.1) is 32.0 Å². The predicted molar refractivity (Wildman–Crippen MR) is 113 cm³/mol. The zero-order valence-corrected chi connectivity index (χ0v) is 16.3. The summed E-state index contributed by atoms with van der Waals surface area (Å²) in [5.41, 5.74) is 3.97. The summed E-state index contributed by atoms with van der Waals surface area (Å²) in [6.07, 6.45) is 1.46. The van der Waals surface area contributed by atoms with E-state index in [4.69, 9.17) is 21.1 Å². The lowest BCUT2D eigenvalue weighted by Gasteiger charge is -2.10. The van der Waals surface area contributed by atoms with Gasteiger partial charge in [-0.1, -0.05) is 48.0 Å². The summed E-state index contributed by atoms with van der Waals surface area (Å²) in [6.45, 7) is 0.0883. The Bertz CT molecular complexity index is 1020. The highest BCUT2D eigenvalue weighted by atomic mass is 35.5. The van der Waals surface area contributed by atoms with Crippen molar-refractivity contribution < 1.29 is 14.3 Å². The standard InChI is InChI=1S/C21H20ClN3O3/c1-27-19-10-15(17(22)11-20(19)28-2)12-24-25-21(26)13-23-18-9-5-7-14-6-3-4-8-16(14)18/h3-12,23H,13H2,1-2H3,(H,25,26)/b24-12-. The van der Waals surface area contributed by atoms with Crippen molar-refractivity contribution >= 4 is 40.2 Å². The van der Waals surface area contributed by atoms with E-state index in [1.807, 2.05) is 42.5 Å². The van der Waals surface area contributed by atoms with E-state index in [0.717, 1.165) is 16.5 Å². The average Bonchev–Trinajstić information content (AvgIpc) is 2.73. The zero-order chi connectivity index (χ0) is 19.9. The monoisotopic (exact) mass is 397 g/mol. The average molecular weight is 398 g/mol. The van der Waals surface area contributed by atoms with E-state index in [1.54, 1.807) is 12.1 Å². The molecule has 7 heteroatoms. The fraction of sp³-hybridized carbons (Fsp3) is 0.143. The highest BCUT2D eigenvalue weighted by molar-refractivity contribution is 6.33. The van der Waals surface area contributed by atoms with E-state index in [2.05, 4.69) is 15.8 Å². The Balaban J connectivity index is 1.61. The van der Waals surface area contributed by atoms with Crippen molar-refractivity contribution in [2.45, 2.75) is 0 Å². The van der Waals surface area contributed by atoms with Gasteiger partial charge in [0.15, 0.2) is 11.5 Å². The first-order chi connectivity index (χ1) is 13.6. The molecule has 3 aromatic rings. The number of benzene rings is 3. The lowest BCUT2D eigenvalue weighted by atomic mass is 10.1. The minimum absolute atomic E-state index is 0.0883. The summed E-state index contributed by atoms with van der Waals surface area (Å²) in [6, 6.07) is 17.2. The Morgan fingerprint density at radius 3 is 2.57 bits per heavy atom. The van der Waals surface area contributed by atoms with Crippen LogP contribution >= 0.6 is 11.6 Å². The van der Waals surface area contributed by atoms with E-state index in [-0.39, 0.29) is 12.5 Å². The summed E-state index contributed by atoms with van der Waals surface area (Å²) >= 11 is 6.20. The molecule has 0 radical (unpaired) electrons. The molecule has 0 aliphatic heterocycles. The Morgan fingerprint density at radius 1 is 1.07 bits per heavy atom. The van der Waals surface area contributed by atoms with Crippen LogP contribution in [0.2, 0.25) is 5.02 Å². The molecule has 2 N–H and O–H groups in total. The van der Waals surface area contributed by atoms with Gasteiger partial charge in [-0.15, -0.1) is 0 Å². The predicted octanol–water partition coefficient (Wildman–Crippen LogP) is 4.07. The van der Waals surface area contributed by atoms with Crippen LogP contribution in [-0.4, -0.2) is 32.9 Å². The van der Waals surface area contributed by atoms with Crippen LogP contribution in [0.4, 0.5) is 5.69 Å². The van der Waals surface area contributed by atoms with Crippen molar-refractivity contribution in [1.82, 2.24) is 5.43 Å². The fourth-order valence-electron chi connectivity index (χ4n) is 2.74. The zero-order valence-electron chi connectivity index (χ0n) is 15.5. The number of hydrogen-bond donors (Lipinski definition) is 2. The van der Waals surface area contributed by atoms with Gasteiger partial charge in [-0.3, -0.25) is 4.79 Å². The van der Waals surface area contributed by atoms with Gasteiger partial charge < -0.3 is 14.8 Å². The molecule has 3 aromatic carbocycles. The van der Waals surface area contributed by atoms with Gasteiger partial charge in [0.1, 0.15) is 0 Å². The van der Waals surface area contributed by atoms with Crippen LogP contribution in [-0.2, 0) is 4.79 Å². The van der Waals surface area contributed by atoms with E-state index in [1.165, 1.54) is 20.4 Å². The highest BCUT2D eigenvalue weighted by Crippen LogP contribution is 2.32. The number of anilines is 1. The van der Waals surface area contributed by atoms with Gasteiger partial charge in [0.2, 0.25) is 0 Å². The van der Waals surface area contributed by atoms with Gasteiger partial charge in [-0.05, 0) is 17.5 Å². The van der Waals surface area contributed by atoms with Crippen LogP contribution in [0.15, 0.2) is 59.7 Å². The number of halogens is 1. The third-order valence-corrected chi connectivity index (χ3v) is 4.45. The van der Waals surface area contributed by atoms with Crippen LogP contribution in [0.3, 0.4) is 0 Å². The molecule has 3 rings (SSSR count). The number of fused-ring (bicyclic) bond motifs is 1. The van der Waals surface area contributed by atoms with Crippen LogP contribution in [0.25, 0.3) is 10.8 Å². The molecule has 0 aromatic heterocycles. The maximum Gasteiger partial charge on any atom is 0.259 e. The van der Waals surface area contributed by atoms with Gasteiger partial charge >= 0.3 is 0 Å². The maximum atomic E-state index is 12.1. The van der Waals surface area contributed by atoms with Gasteiger partial charge in [-0.25, -0.2) is 5.43 Å². The quantitative estimate of drug-likeness (QED) is 0.465. The molecule has 0 atom stereocenters. The lowest BCUT2D eigenvalue weighted by Crippen LogP contribution is -2.25. The van der Waals surface area contributed by atoms with Gasteiger partial charge in [0, 0.05) is 22.7 Å².